The van der Waals surface area contributed by atoms with E-state index in [4.69, 9.17) is 4.74 Å². The van der Waals surface area contributed by atoms with Gasteiger partial charge in [-0.05, 0) is 5.56 Å². The van der Waals surface area contributed by atoms with Crippen LogP contribution < -0.4 is 10.6 Å². The fourth-order valence-electron chi connectivity index (χ4n) is 1.78. The van der Waals surface area contributed by atoms with Crippen molar-refractivity contribution in [1.82, 2.24) is 10.6 Å². The third-order valence-corrected chi connectivity index (χ3v) is 2.76. The Morgan fingerprint density at radius 2 is 2.17 bits per heavy atom. The van der Waals surface area contributed by atoms with E-state index in [0.717, 1.165) is 25.2 Å². The van der Waals surface area contributed by atoms with Crippen LogP contribution in [0.4, 0.5) is 0 Å². The van der Waals surface area contributed by atoms with Gasteiger partial charge in [0, 0.05) is 31.8 Å². The van der Waals surface area contributed by atoms with Crippen molar-refractivity contribution in [2.75, 3.05) is 19.6 Å². The van der Waals surface area contributed by atoms with Crippen LogP contribution in [0.25, 0.3) is 0 Å². The summed E-state index contributed by atoms with van der Waals surface area (Å²) in [5, 5.41) is 6.54. The van der Waals surface area contributed by atoms with Crippen LogP contribution in [0, 0.1) is 0 Å². The first kappa shape index (κ1) is 12.8. The van der Waals surface area contributed by atoms with Gasteiger partial charge in [-0.3, -0.25) is 0 Å². The number of rotatable bonds is 4. The van der Waals surface area contributed by atoms with Gasteiger partial charge in [0.2, 0.25) is 0 Å². The van der Waals surface area contributed by atoms with Gasteiger partial charge in [0.1, 0.15) is 6.61 Å². The summed E-state index contributed by atoms with van der Waals surface area (Å²) in [5.74, 6) is -0.300. The number of carbonyl (C=O) groups is 1. The highest BCUT2D eigenvalue weighted by molar-refractivity contribution is 5.82. The Bertz CT molecular complexity index is 398. The maximum absolute atomic E-state index is 11.5. The predicted molar refractivity (Wildman–Crippen MR) is 70.0 cm³/mol. The second-order valence-corrected chi connectivity index (χ2v) is 4.22. The largest absolute Gasteiger partial charge is 0.458 e. The minimum atomic E-state index is -0.300. The van der Waals surface area contributed by atoms with Gasteiger partial charge < -0.3 is 15.4 Å². The molecule has 18 heavy (non-hydrogen) atoms. The summed E-state index contributed by atoms with van der Waals surface area (Å²) in [6.45, 7) is 3.07. The third kappa shape index (κ3) is 4.31. The summed E-state index contributed by atoms with van der Waals surface area (Å²) in [5.41, 5.74) is 0.997. The molecule has 2 N–H and O–H groups in total. The van der Waals surface area contributed by atoms with Crippen LogP contribution in [0.5, 0.6) is 0 Å². The molecule has 1 aliphatic rings. The Kier molecular flexibility index (Phi) is 4.93. The molecule has 0 aromatic heterocycles. The summed E-state index contributed by atoms with van der Waals surface area (Å²) >= 11 is 0. The number of ether oxygens (including phenoxy) is 1. The molecule has 0 aliphatic carbocycles. The SMILES string of the molecule is O=C(C=C[C@H]1CNCCN1)OCc1ccccc1. The van der Waals surface area contributed by atoms with Crippen molar-refractivity contribution in [2.24, 2.45) is 0 Å². The van der Waals surface area contributed by atoms with Gasteiger partial charge in [-0.25, -0.2) is 4.79 Å². The quantitative estimate of drug-likeness (QED) is 0.611. The molecule has 96 valence electrons. The molecule has 1 aromatic carbocycles. The molecule has 1 aromatic rings. The Morgan fingerprint density at radius 3 is 2.89 bits per heavy atom. The molecule has 1 atom stereocenters. The fourth-order valence-corrected chi connectivity index (χ4v) is 1.78. The first-order valence-electron chi connectivity index (χ1n) is 6.17. The lowest BCUT2D eigenvalue weighted by atomic mass is 10.2. The molecule has 1 fully saturated rings. The zero-order chi connectivity index (χ0) is 12.6. The van der Waals surface area contributed by atoms with E-state index in [1.807, 2.05) is 36.4 Å². The van der Waals surface area contributed by atoms with Crippen LogP contribution in [0.2, 0.25) is 0 Å². The van der Waals surface area contributed by atoms with E-state index in [2.05, 4.69) is 10.6 Å². The molecule has 2 rings (SSSR count). The summed E-state index contributed by atoms with van der Waals surface area (Å²) < 4.78 is 5.15. The molecule has 1 aliphatic heterocycles. The first-order valence-corrected chi connectivity index (χ1v) is 6.17. The number of nitrogens with one attached hydrogen (secondary N) is 2. The van der Waals surface area contributed by atoms with Gasteiger partial charge in [0.05, 0.1) is 0 Å². The molecule has 4 heteroatoms. The minimum absolute atomic E-state index is 0.211. The highest BCUT2D eigenvalue weighted by Crippen LogP contribution is 2.01. The minimum Gasteiger partial charge on any atom is -0.458 e. The van der Waals surface area contributed by atoms with Gasteiger partial charge in [-0.15, -0.1) is 0 Å². The fraction of sp³-hybridized carbons (Fsp3) is 0.357. The van der Waals surface area contributed by atoms with Crippen molar-refractivity contribution in [3.8, 4) is 0 Å². The molecule has 0 spiro atoms. The van der Waals surface area contributed by atoms with E-state index >= 15 is 0 Å². The summed E-state index contributed by atoms with van der Waals surface area (Å²) in [6, 6.07) is 9.87. The van der Waals surface area contributed by atoms with Crippen LogP contribution in [-0.4, -0.2) is 31.6 Å². The number of piperazine rings is 1. The number of benzene rings is 1. The van der Waals surface area contributed by atoms with Crippen LogP contribution in [0.3, 0.4) is 0 Å². The van der Waals surface area contributed by atoms with Crippen LogP contribution in [-0.2, 0) is 16.1 Å². The van der Waals surface area contributed by atoms with Crippen molar-refractivity contribution in [3.05, 3.63) is 48.0 Å². The van der Waals surface area contributed by atoms with Crippen LogP contribution in [0.1, 0.15) is 5.56 Å². The van der Waals surface area contributed by atoms with E-state index in [1.165, 1.54) is 6.08 Å². The average Bonchev–Trinajstić information content (AvgIpc) is 2.45. The Hall–Kier alpha value is -1.65. The second-order valence-electron chi connectivity index (χ2n) is 4.22. The number of hydrogen-bond donors (Lipinski definition) is 2. The van der Waals surface area contributed by atoms with Gasteiger partial charge in [-0.2, -0.15) is 0 Å². The van der Waals surface area contributed by atoms with Gasteiger partial charge in [-0.1, -0.05) is 36.4 Å². The molecule has 0 radical (unpaired) electrons. The van der Waals surface area contributed by atoms with Crippen molar-refractivity contribution >= 4 is 5.97 Å². The monoisotopic (exact) mass is 246 g/mol. The summed E-state index contributed by atoms with van der Waals surface area (Å²) in [4.78, 5) is 11.5. The van der Waals surface area contributed by atoms with E-state index in [9.17, 15) is 4.79 Å². The first-order chi connectivity index (χ1) is 8.84. The van der Waals surface area contributed by atoms with Crippen molar-refractivity contribution in [3.63, 3.8) is 0 Å². The highest BCUT2D eigenvalue weighted by atomic mass is 16.5. The summed E-state index contributed by atoms with van der Waals surface area (Å²) in [6.07, 6.45) is 3.34. The second kappa shape index (κ2) is 6.93. The standard InChI is InChI=1S/C14H18N2O2/c17-14(7-6-13-10-15-8-9-16-13)18-11-12-4-2-1-3-5-12/h1-7,13,15-16H,8-11H2/t13-/m0/s1. The van der Waals surface area contributed by atoms with Gasteiger partial charge >= 0.3 is 5.97 Å². The Labute approximate surface area is 107 Å². The molecule has 0 bridgehead atoms. The molecule has 1 saturated heterocycles. The van der Waals surface area contributed by atoms with Crippen molar-refractivity contribution in [1.29, 1.82) is 0 Å². The maximum Gasteiger partial charge on any atom is 0.330 e. The van der Waals surface area contributed by atoms with Crippen molar-refractivity contribution < 1.29 is 9.53 Å². The molecular weight excluding hydrogens is 228 g/mol. The van der Waals surface area contributed by atoms with Gasteiger partial charge in [0.25, 0.3) is 0 Å². The molecule has 4 nitrogen and oxygen atoms in total. The normalized spacial score (nSPS) is 19.9. The maximum atomic E-state index is 11.5. The number of carbonyl (C=O) groups excluding carboxylic acids is 1. The zero-order valence-corrected chi connectivity index (χ0v) is 10.3. The predicted octanol–water partition coefficient (Wildman–Crippen LogP) is 0.847. The van der Waals surface area contributed by atoms with E-state index < -0.39 is 0 Å². The van der Waals surface area contributed by atoms with Crippen molar-refractivity contribution in [2.45, 2.75) is 12.6 Å². The van der Waals surface area contributed by atoms with Gasteiger partial charge in [0.15, 0.2) is 0 Å². The number of hydrogen-bond acceptors (Lipinski definition) is 4. The molecule has 0 saturated carbocycles. The van der Waals surface area contributed by atoms with E-state index in [1.54, 1.807) is 0 Å². The third-order valence-electron chi connectivity index (χ3n) is 2.76. The lowest BCUT2D eigenvalue weighted by Gasteiger charge is -2.21. The summed E-state index contributed by atoms with van der Waals surface area (Å²) in [7, 11) is 0. The number of esters is 1. The molecule has 0 unspecified atom stereocenters. The smallest absolute Gasteiger partial charge is 0.330 e. The highest BCUT2D eigenvalue weighted by Gasteiger charge is 2.08. The lowest BCUT2D eigenvalue weighted by molar-refractivity contribution is -0.139. The Morgan fingerprint density at radius 1 is 1.33 bits per heavy atom. The molecule has 1 heterocycles. The zero-order valence-electron chi connectivity index (χ0n) is 10.3. The van der Waals surface area contributed by atoms with Crippen LogP contribution >= 0.6 is 0 Å². The Balaban J connectivity index is 1.73. The lowest BCUT2D eigenvalue weighted by Crippen LogP contribution is -2.47. The average molecular weight is 246 g/mol. The van der Waals surface area contributed by atoms with E-state index in [0.29, 0.717) is 6.61 Å². The van der Waals surface area contributed by atoms with E-state index in [-0.39, 0.29) is 12.0 Å². The molecular formula is C14H18N2O2. The topological polar surface area (TPSA) is 50.4 Å². The molecule has 0 amide bonds. The van der Waals surface area contributed by atoms with Crippen LogP contribution in [0.15, 0.2) is 42.5 Å².